The summed E-state index contributed by atoms with van der Waals surface area (Å²) in [5.41, 5.74) is 15.3. The van der Waals surface area contributed by atoms with Gasteiger partial charge < -0.3 is 31.5 Å². The first kappa shape index (κ1) is 57.2. The van der Waals surface area contributed by atoms with Gasteiger partial charge in [0.15, 0.2) is 5.78 Å². The molecule has 8 rings (SSSR count). The van der Waals surface area contributed by atoms with Crippen molar-refractivity contribution >= 4 is 80.0 Å². The minimum absolute atomic E-state index is 0.00506. The smallest absolute Gasteiger partial charge is 0.374 e. The largest absolute Gasteiger partial charge is 0.477 e. The second-order valence-electron chi connectivity index (χ2n) is 20.5. The lowest BCUT2D eigenvalue weighted by molar-refractivity contribution is -0.152. The van der Waals surface area contributed by atoms with Crippen LogP contribution in [0.3, 0.4) is 0 Å². The van der Waals surface area contributed by atoms with E-state index in [4.69, 9.17) is 20.8 Å². The molecule has 1 amide bonds. The second-order valence-corrected chi connectivity index (χ2v) is 20.5. The van der Waals surface area contributed by atoms with Crippen LogP contribution in [0.4, 0.5) is 17.5 Å². The number of primary amides is 1. The molecule has 0 unspecified atom stereocenters. The monoisotopic (exact) mass is 1020 g/mol. The van der Waals surface area contributed by atoms with Gasteiger partial charge in [-0.05, 0) is 133 Å². The number of H-pyrrole nitrogens is 2. The Bertz CT molecular complexity index is 3260. The molecular formula is C54H66N14O7. The van der Waals surface area contributed by atoms with E-state index in [0.717, 1.165) is 61.9 Å². The van der Waals surface area contributed by atoms with Crippen LogP contribution in [-0.4, -0.2) is 108 Å². The van der Waals surface area contributed by atoms with Crippen LogP contribution >= 0.6 is 0 Å². The number of esters is 1. The summed E-state index contributed by atoms with van der Waals surface area (Å²) < 4.78 is 4.31. The number of benzene rings is 3. The normalized spacial score (nSPS) is 11.3. The summed E-state index contributed by atoms with van der Waals surface area (Å²) in [6.07, 6.45) is 0. The van der Waals surface area contributed by atoms with Crippen LogP contribution in [0, 0.1) is 20.8 Å². The Balaban J connectivity index is 0.000000195. The summed E-state index contributed by atoms with van der Waals surface area (Å²) in [7, 11) is 0. The zero-order valence-electron chi connectivity index (χ0n) is 45.1. The van der Waals surface area contributed by atoms with Crippen LogP contribution in [0.1, 0.15) is 132 Å². The average molecular weight is 1020 g/mol. The third-order valence-electron chi connectivity index (χ3n) is 10.2. The molecule has 0 radical (unpaired) electrons. The molecule has 0 saturated carbocycles. The summed E-state index contributed by atoms with van der Waals surface area (Å²) in [4.78, 5) is 82.0. The van der Waals surface area contributed by atoms with E-state index in [2.05, 4.69) is 123 Å². The minimum Gasteiger partial charge on any atom is -0.477 e. The number of hydrogen-bond donors (Lipinski definition) is 7. The lowest BCUT2D eigenvalue weighted by Crippen LogP contribution is -2.27. The fourth-order valence-electron chi connectivity index (χ4n) is 7.00. The molecule has 21 heteroatoms. The third-order valence-corrected chi connectivity index (χ3v) is 10.2. The molecule has 0 aliphatic carbocycles. The van der Waals surface area contributed by atoms with Gasteiger partial charge in [0.05, 0.1) is 51.6 Å². The van der Waals surface area contributed by atoms with Gasteiger partial charge >= 0.3 is 11.9 Å². The number of fused-ring (bicyclic) bond motifs is 3. The fraction of sp³-hybridized carbons (Fsp3) is 0.352. The van der Waals surface area contributed by atoms with Crippen molar-refractivity contribution in [2.75, 3.05) is 22.6 Å². The molecule has 394 valence electrons. The van der Waals surface area contributed by atoms with Gasteiger partial charge in [-0.2, -0.15) is 10.2 Å². The predicted octanol–water partition coefficient (Wildman–Crippen LogP) is 9.36. The quantitative estimate of drug-likeness (QED) is 0.0381. The van der Waals surface area contributed by atoms with Gasteiger partial charge in [0.25, 0.3) is 5.91 Å². The molecule has 0 saturated heterocycles. The number of aromatic carboxylic acids is 1. The van der Waals surface area contributed by atoms with E-state index in [-0.39, 0.29) is 40.4 Å². The molecule has 0 bridgehead atoms. The molecule has 0 atom stereocenters. The van der Waals surface area contributed by atoms with E-state index in [1.807, 2.05) is 69.3 Å². The molecule has 0 aliphatic heterocycles. The summed E-state index contributed by atoms with van der Waals surface area (Å²) in [6, 6.07) is 19.9. The third kappa shape index (κ3) is 15.6. The highest BCUT2D eigenvalue weighted by Gasteiger charge is 2.20. The van der Waals surface area contributed by atoms with Crippen molar-refractivity contribution in [2.24, 2.45) is 5.73 Å². The maximum atomic E-state index is 11.7. The highest BCUT2D eigenvalue weighted by molar-refractivity contribution is 6.32. The van der Waals surface area contributed by atoms with E-state index in [1.54, 1.807) is 26.0 Å². The number of ketones is 2. The van der Waals surface area contributed by atoms with Crippen molar-refractivity contribution in [3.8, 4) is 22.5 Å². The van der Waals surface area contributed by atoms with Gasteiger partial charge in [-0.25, -0.2) is 39.5 Å². The fourth-order valence-corrected chi connectivity index (χ4v) is 7.00. The molecule has 0 aliphatic rings. The molecule has 0 fully saturated rings. The van der Waals surface area contributed by atoms with Crippen LogP contribution in [0.2, 0.25) is 0 Å². The minimum atomic E-state index is -1.05. The van der Waals surface area contributed by atoms with E-state index in [9.17, 15) is 24.0 Å². The van der Waals surface area contributed by atoms with Crippen LogP contribution < -0.4 is 21.7 Å². The first-order chi connectivity index (χ1) is 34.9. The summed E-state index contributed by atoms with van der Waals surface area (Å²) >= 11 is 0. The van der Waals surface area contributed by atoms with Crippen molar-refractivity contribution in [1.82, 2.24) is 50.3 Å². The topological polar surface area (TPSA) is 312 Å². The van der Waals surface area contributed by atoms with Crippen molar-refractivity contribution in [2.45, 2.75) is 120 Å². The first-order valence-corrected chi connectivity index (χ1v) is 23.9. The number of carboxylic acid groups (broad SMARTS) is 1. The maximum absolute atomic E-state index is 11.7. The Morgan fingerprint density at radius 2 is 0.947 bits per heavy atom. The number of carboxylic acids is 1. The number of aromatic amines is 2. The molecule has 21 nitrogen and oxygen atoms in total. The van der Waals surface area contributed by atoms with Crippen molar-refractivity contribution in [3.63, 3.8) is 0 Å². The lowest BCUT2D eigenvalue weighted by atomic mass is 10.1. The van der Waals surface area contributed by atoms with Gasteiger partial charge in [-0.3, -0.25) is 24.6 Å². The average Bonchev–Trinajstić information content (AvgIpc) is 4.01. The number of aryl methyl sites for hydroxylation is 3. The number of carbonyl (C=O) groups is 5. The van der Waals surface area contributed by atoms with E-state index >= 15 is 0 Å². The molecule has 0 spiro atoms. The number of para-hydroxylation sites is 3. The number of anilines is 3. The Labute approximate surface area is 434 Å². The number of nitrogens with zero attached hydrogens (tertiary/aromatic N) is 8. The predicted molar refractivity (Wildman–Crippen MR) is 291 cm³/mol. The molecule has 3 aromatic carbocycles. The number of Topliss-reactive ketones (excluding diaryl/α,β-unsaturated/α-hetero) is 2. The Kier molecular flexibility index (Phi) is 17.8. The number of amides is 1. The number of ether oxygens (including phenoxy) is 1. The van der Waals surface area contributed by atoms with Gasteiger partial charge in [-0.1, -0.05) is 30.3 Å². The molecular weight excluding hydrogens is 957 g/mol. The zero-order chi connectivity index (χ0) is 55.7. The zero-order valence-corrected chi connectivity index (χ0v) is 45.1. The highest BCUT2D eigenvalue weighted by Crippen LogP contribution is 2.30. The van der Waals surface area contributed by atoms with Gasteiger partial charge in [0, 0.05) is 40.2 Å². The van der Waals surface area contributed by atoms with Crippen LogP contribution in [0.25, 0.3) is 55.6 Å². The molecule has 5 heterocycles. The molecule has 5 aromatic heterocycles. The van der Waals surface area contributed by atoms with Gasteiger partial charge in [0.1, 0.15) is 45.4 Å². The Morgan fingerprint density at radius 1 is 0.573 bits per heavy atom. The lowest BCUT2D eigenvalue weighted by Gasteiger charge is -2.22. The number of carbonyl (C=O) groups excluding carboxylic acids is 4. The van der Waals surface area contributed by atoms with Crippen LogP contribution in [0.15, 0.2) is 66.7 Å². The van der Waals surface area contributed by atoms with E-state index < -0.39 is 23.6 Å². The molecule has 75 heavy (non-hydrogen) atoms. The summed E-state index contributed by atoms with van der Waals surface area (Å²) in [6.45, 7) is 28.9. The van der Waals surface area contributed by atoms with Crippen molar-refractivity contribution in [1.29, 1.82) is 0 Å². The van der Waals surface area contributed by atoms with Crippen molar-refractivity contribution in [3.05, 3.63) is 101 Å². The Morgan fingerprint density at radius 3 is 1.27 bits per heavy atom. The first-order valence-electron chi connectivity index (χ1n) is 23.9. The standard InChI is InChI=1S/C17H20N6O.C17H19N5O2.C15H19N3O.C5H8O3/c1-9-16(21-17(2,3)4)20-14-10(6-5-7-11(14)19-9)12-8-13(15(18)24)23-22-12;1-9-15(20-17(2,3)4)19-14-10(6-5-7-11(14)18-9)12-8-13(16(23)24)22-21-12;1-9-14(18-15(3,4)5)17-13-11(10(2)19)7-6-8-12(13)16-9;1-3-8-5(7)4(2)6/h5-8H,1-4H3,(H2,18,24)(H,20,21)(H,22,23);5-8H,1-4H3,(H,19,20)(H,21,22)(H,23,24);6-8H,1-5H3,(H,17,18);3H2,1-2H3. The maximum Gasteiger partial charge on any atom is 0.374 e. The number of nitrogens with two attached hydrogens (primary N) is 1. The van der Waals surface area contributed by atoms with Gasteiger partial charge in [0.2, 0.25) is 5.78 Å². The van der Waals surface area contributed by atoms with Crippen LogP contribution in [0.5, 0.6) is 0 Å². The van der Waals surface area contributed by atoms with E-state index in [0.29, 0.717) is 33.8 Å². The van der Waals surface area contributed by atoms with E-state index in [1.165, 1.54) is 13.0 Å². The highest BCUT2D eigenvalue weighted by atomic mass is 16.5. The second kappa shape index (κ2) is 23.4. The number of aromatic nitrogens is 10. The summed E-state index contributed by atoms with van der Waals surface area (Å²) in [5.74, 6) is -0.736. The summed E-state index contributed by atoms with van der Waals surface area (Å²) in [5, 5.41) is 32.5. The number of nitrogens with one attached hydrogen (secondary N) is 5. The molecule has 8 aromatic rings. The SMILES string of the molecule is CC(=O)c1cccc2nc(C)c(NC(C)(C)C)nc12.CCOC(=O)C(C)=O.Cc1nc2cccc(-c3cc(C(=O)O)[nH]n3)c2nc1NC(C)(C)C.Cc1nc2cccc(-c3cc(C(N)=O)[nH]n3)c2nc1NC(C)(C)C. The number of rotatable bonds is 10. The van der Waals surface area contributed by atoms with Crippen LogP contribution in [-0.2, 0) is 14.3 Å². The van der Waals surface area contributed by atoms with Crippen molar-refractivity contribution < 1.29 is 33.8 Å². The number of hydrogen-bond acceptors (Lipinski definition) is 17. The van der Waals surface area contributed by atoms with Gasteiger partial charge in [-0.15, -0.1) is 0 Å². The molecule has 8 N–H and O–H groups in total. The Hall–Kier alpha value is -8.75.